The Morgan fingerprint density at radius 3 is 2.82 bits per heavy atom. The first-order valence-corrected chi connectivity index (χ1v) is 9.44. The monoisotopic (exact) mass is 412 g/mol. The average Bonchev–Trinajstić information content (AvgIpc) is 3.15. The number of halogens is 1. The van der Waals surface area contributed by atoms with E-state index in [9.17, 15) is 9.59 Å². The molecule has 0 radical (unpaired) electrons. The average molecular weight is 413 g/mol. The molecule has 0 saturated heterocycles. The molecule has 0 aliphatic heterocycles. The zero-order valence-corrected chi connectivity index (χ0v) is 16.1. The van der Waals surface area contributed by atoms with Crippen molar-refractivity contribution in [2.45, 2.75) is 0 Å². The molecule has 0 unspecified atom stereocenters. The van der Waals surface area contributed by atoms with Crippen LogP contribution in [0.3, 0.4) is 0 Å². The number of carbonyl (C=O) groups is 1. The predicted octanol–water partition coefficient (Wildman–Crippen LogP) is 4.83. The van der Waals surface area contributed by atoms with Crippen LogP contribution in [0, 0.1) is 0 Å². The summed E-state index contributed by atoms with van der Waals surface area (Å²) < 4.78 is 10.6. The van der Waals surface area contributed by atoms with Crippen molar-refractivity contribution >= 4 is 44.9 Å². The Labute approximate surface area is 168 Å². The number of thiazole rings is 1. The molecule has 0 bridgehead atoms. The number of methoxy groups -OCH3 is 1. The van der Waals surface area contributed by atoms with Gasteiger partial charge >= 0.3 is 5.63 Å². The molecule has 2 aromatic carbocycles. The third-order valence-electron chi connectivity index (χ3n) is 4.03. The van der Waals surface area contributed by atoms with Crippen molar-refractivity contribution in [2.24, 2.45) is 0 Å². The lowest BCUT2D eigenvalue weighted by Crippen LogP contribution is -2.11. The molecule has 8 heteroatoms. The summed E-state index contributed by atoms with van der Waals surface area (Å²) in [7, 11) is 1.51. The first kappa shape index (κ1) is 18.2. The van der Waals surface area contributed by atoms with Gasteiger partial charge in [0, 0.05) is 21.4 Å². The van der Waals surface area contributed by atoms with E-state index in [2.05, 4.69) is 10.3 Å². The minimum atomic E-state index is -0.532. The van der Waals surface area contributed by atoms with E-state index in [1.165, 1.54) is 18.4 Å². The topological polar surface area (TPSA) is 81.4 Å². The Morgan fingerprint density at radius 1 is 1.21 bits per heavy atom. The number of amides is 1. The van der Waals surface area contributed by atoms with Gasteiger partial charge in [-0.25, -0.2) is 9.78 Å². The molecule has 0 aliphatic carbocycles. The van der Waals surface area contributed by atoms with Crippen LogP contribution in [-0.2, 0) is 0 Å². The number of ether oxygens (including phenoxy) is 1. The van der Waals surface area contributed by atoms with Crippen molar-refractivity contribution < 1.29 is 13.9 Å². The minimum absolute atomic E-state index is 0.306. The molecule has 0 spiro atoms. The van der Waals surface area contributed by atoms with Gasteiger partial charge in [-0.1, -0.05) is 29.8 Å². The standard InChI is InChI=1S/C20H13ClN2O4S/c1-26-16-7-3-4-11-9-14(19(25)27-17(11)16)15-10-28-20(22-15)23-18(24)12-5-2-6-13(21)8-12/h2-10H,1H3,(H,22,23,24). The fraction of sp³-hybridized carbons (Fsp3) is 0.0500. The molecule has 0 saturated carbocycles. The van der Waals surface area contributed by atoms with Crippen LogP contribution >= 0.6 is 22.9 Å². The van der Waals surface area contributed by atoms with Gasteiger partial charge < -0.3 is 9.15 Å². The molecule has 0 fully saturated rings. The highest BCUT2D eigenvalue weighted by molar-refractivity contribution is 7.14. The first-order valence-electron chi connectivity index (χ1n) is 8.19. The lowest BCUT2D eigenvalue weighted by molar-refractivity contribution is 0.102. The summed E-state index contributed by atoms with van der Waals surface area (Å²) in [6, 6.07) is 13.6. The van der Waals surface area contributed by atoms with Crippen molar-refractivity contribution in [3.63, 3.8) is 0 Å². The lowest BCUT2D eigenvalue weighted by Gasteiger charge is -2.04. The third-order valence-corrected chi connectivity index (χ3v) is 5.02. The van der Waals surface area contributed by atoms with Crippen LogP contribution in [-0.4, -0.2) is 18.0 Å². The zero-order valence-electron chi connectivity index (χ0n) is 14.6. The minimum Gasteiger partial charge on any atom is -0.493 e. The smallest absolute Gasteiger partial charge is 0.345 e. The van der Waals surface area contributed by atoms with E-state index in [4.69, 9.17) is 20.8 Å². The summed E-state index contributed by atoms with van der Waals surface area (Å²) in [5, 5.41) is 5.94. The molecule has 0 aliphatic rings. The zero-order chi connectivity index (χ0) is 19.7. The highest BCUT2D eigenvalue weighted by Crippen LogP contribution is 2.29. The molecular formula is C20H13ClN2O4S. The van der Waals surface area contributed by atoms with Crippen LogP contribution < -0.4 is 15.7 Å². The Hall–Kier alpha value is -3.16. The van der Waals surface area contributed by atoms with Gasteiger partial charge in [0.2, 0.25) is 0 Å². The number of fused-ring (bicyclic) bond motifs is 1. The molecule has 4 rings (SSSR count). The van der Waals surface area contributed by atoms with Crippen molar-refractivity contribution in [2.75, 3.05) is 12.4 Å². The Bertz CT molecular complexity index is 1250. The van der Waals surface area contributed by atoms with Gasteiger partial charge in [0.05, 0.1) is 18.4 Å². The summed E-state index contributed by atoms with van der Waals surface area (Å²) in [5.74, 6) is 0.146. The quantitative estimate of drug-likeness (QED) is 0.485. The van der Waals surface area contributed by atoms with Gasteiger partial charge in [0.25, 0.3) is 5.91 Å². The molecule has 4 aromatic rings. The maximum atomic E-state index is 12.4. The van der Waals surface area contributed by atoms with E-state index >= 15 is 0 Å². The van der Waals surface area contributed by atoms with Crippen molar-refractivity contribution in [3.05, 3.63) is 74.9 Å². The second-order valence-corrected chi connectivity index (χ2v) is 7.12. The van der Waals surface area contributed by atoms with Crippen molar-refractivity contribution in [1.29, 1.82) is 0 Å². The van der Waals surface area contributed by atoms with Crippen molar-refractivity contribution in [3.8, 4) is 17.0 Å². The Balaban J connectivity index is 1.65. The van der Waals surface area contributed by atoms with Gasteiger partial charge in [0.1, 0.15) is 0 Å². The van der Waals surface area contributed by atoms with E-state index < -0.39 is 5.63 Å². The number of para-hydroxylation sites is 1. The number of hydrogen-bond donors (Lipinski definition) is 1. The highest BCUT2D eigenvalue weighted by atomic mass is 35.5. The number of carbonyl (C=O) groups excluding carboxylic acids is 1. The summed E-state index contributed by atoms with van der Waals surface area (Å²) in [4.78, 5) is 29.1. The largest absolute Gasteiger partial charge is 0.493 e. The number of nitrogens with zero attached hydrogens (tertiary/aromatic N) is 1. The fourth-order valence-corrected chi connectivity index (χ4v) is 3.61. The molecule has 140 valence electrons. The number of rotatable bonds is 4. The van der Waals surface area contributed by atoms with Crippen LogP contribution in [0.25, 0.3) is 22.2 Å². The lowest BCUT2D eigenvalue weighted by atomic mass is 10.1. The summed E-state index contributed by atoms with van der Waals surface area (Å²) in [6.07, 6.45) is 0. The molecule has 0 atom stereocenters. The van der Waals surface area contributed by atoms with Gasteiger partial charge in [-0.15, -0.1) is 11.3 Å². The van der Waals surface area contributed by atoms with E-state index in [1.54, 1.807) is 41.8 Å². The van der Waals surface area contributed by atoms with Crippen LogP contribution in [0.15, 0.2) is 63.1 Å². The highest BCUT2D eigenvalue weighted by Gasteiger charge is 2.15. The molecule has 2 heterocycles. The second-order valence-electron chi connectivity index (χ2n) is 5.83. The van der Waals surface area contributed by atoms with Crippen LogP contribution in [0.2, 0.25) is 5.02 Å². The Kier molecular flexibility index (Phi) is 4.85. The molecule has 1 amide bonds. The second kappa shape index (κ2) is 7.46. The number of aromatic nitrogens is 1. The Morgan fingerprint density at radius 2 is 2.04 bits per heavy atom. The normalized spacial score (nSPS) is 10.8. The number of anilines is 1. The van der Waals surface area contributed by atoms with E-state index in [0.29, 0.717) is 43.7 Å². The summed E-state index contributed by atoms with van der Waals surface area (Å²) in [5.41, 5.74) is 0.991. The predicted molar refractivity (Wildman–Crippen MR) is 110 cm³/mol. The molecule has 6 nitrogen and oxygen atoms in total. The van der Waals surface area contributed by atoms with E-state index in [1.807, 2.05) is 12.1 Å². The van der Waals surface area contributed by atoms with Crippen LogP contribution in [0.1, 0.15) is 10.4 Å². The molecule has 28 heavy (non-hydrogen) atoms. The number of hydrogen-bond acceptors (Lipinski definition) is 6. The van der Waals surface area contributed by atoms with Gasteiger partial charge in [-0.05, 0) is 30.3 Å². The summed E-state index contributed by atoms with van der Waals surface area (Å²) in [6.45, 7) is 0. The van der Waals surface area contributed by atoms with Gasteiger partial charge in [0.15, 0.2) is 16.5 Å². The van der Waals surface area contributed by atoms with E-state index in [0.717, 1.165) is 0 Å². The third kappa shape index (κ3) is 3.49. The maximum Gasteiger partial charge on any atom is 0.345 e. The molecular weight excluding hydrogens is 400 g/mol. The number of benzene rings is 2. The fourth-order valence-electron chi connectivity index (χ4n) is 2.71. The first-order chi connectivity index (χ1) is 13.5. The molecule has 1 N–H and O–H groups in total. The summed E-state index contributed by atoms with van der Waals surface area (Å²) >= 11 is 7.13. The number of nitrogens with one attached hydrogen (secondary N) is 1. The van der Waals surface area contributed by atoms with Gasteiger partial charge in [-0.2, -0.15) is 0 Å². The maximum absolute atomic E-state index is 12.4. The van der Waals surface area contributed by atoms with Gasteiger partial charge in [-0.3, -0.25) is 10.1 Å². The van der Waals surface area contributed by atoms with E-state index in [-0.39, 0.29) is 5.91 Å². The molecule has 2 aromatic heterocycles. The van der Waals surface area contributed by atoms with Crippen LogP contribution in [0.5, 0.6) is 5.75 Å². The van der Waals surface area contributed by atoms with Crippen LogP contribution in [0.4, 0.5) is 5.13 Å². The SMILES string of the molecule is COc1cccc2cc(-c3csc(NC(=O)c4cccc(Cl)c4)n3)c(=O)oc12. The van der Waals surface area contributed by atoms with Crippen molar-refractivity contribution in [1.82, 2.24) is 4.98 Å².